The van der Waals surface area contributed by atoms with E-state index in [1.54, 1.807) is 43.5 Å². The molecule has 29 heavy (non-hydrogen) atoms. The molecule has 0 saturated carbocycles. The fraction of sp³-hybridized carbons (Fsp3) is 0.190. The van der Waals surface area contributed by atoms with Crippen molar-refractivity contribution in [3.8, 4) is 5.75 Å². The van der Waals surface area contributed by atoms with Gasteiger partial charge in [-0.3, -0.25) is 15.0 Å². The van der Waals surface area contributed by atoms with Gasteiger partial charge in [-0.2, -0.15) is 5.10 Å². The number of nitrogens with zero attached hydrogens (tertiary/aromatic N) is 1. The highest BCUT2D eigenvalue weighted by atomic mass is 127. The Balaban J connectivity index is 1.82. The second-order valence-electron chi connectivity index (χ2n) is 6.22. The van der Waals surface area contributed by atoms with Crippen LogP contribution in [0.15, 0.2) is 65.0 Å². The van der Waals surface area contributed by atoms with Crippen molar-refractivity contribution in [2.75, 3.05) is 24.5 Å². The van der Waals surface area contributed by atoms with Gasteiger partial charge in [-0.1, -0.05) is 0 Å². The number of hydrogen-bond acceptors (Lipinski definition) is 6. The number of anilines is 2. The molecule has 0 atom stereocenters. The van der Waals surface area contributed by atoms with E-state index in [-0.39, 0.29) is 17.3 Å². The summed E-state index contributed by atoms with van der Waals surface area (Å²) in [5, 5.41) is 7.04. The van der Waals surface area contributed by atoms with Crippen molar-refractivity contribution in [3.63, 3.8) is 0 Å². The number of benzene rings is 2. The van der Waals surface area contributed by atoms with Crippen molar-refractivity contribution in [2.45, 2.75) is 13.3 Å². The molecule has 1 aliphatic rings. The first-order chi connectivity index (χ1) is 14.0. The van der Waals surface area contributed by atoms with E-state index < -0.39 is 5.91 Å². The molecular weight excluding hydrogens is 485 g/mol. The van der Waals surface area contributed by atoms with E-state index in [2.05, 4.69) is 38.4 Å². The Morgan fingerprint density at radius 3 is 2.34 bits per heavy atom. The van der Waals surface area contributed by atoms with Gasteiger partial charge in [0.2, 0.25) is 0 Å². The quantitative estimate of drug-likeness (QED) is 0.338. The van der Waals surface area contributed by atoms with E-state index in [1.807, 2.05) is 12.1 Å². The number of methoxy groups -OCH3 is 1. The van der Waals surface area contributed by atoms with Crippen LogP contribution in [0, 0.1) is 3.57 Å². The van der Waals surface area contributed by atoms with Crippen molar-refractivity contribution < 1.29 is 19.1 Å². The van der Waals surface area contributed by atoms with E-state index in [0.717, 1.165) is 3.57 Å². The summed E-state index contributed by atoms with van der Waals surface area (Å²) in [6.45, 7) is 1.73. The van der Waals surface area contributed by atoms with Gasteiger partial charge in [0.15, 0.2) is 11.5 Å². The molecule has 1 amide bonds. The highest BCUT2D eigenvalue weighted by Crippen LogP contribution is 2.24. The summed E-state index contributed by atoms with van der Waals surface area (Å²) >= 11 is 2.19. The van der Waals surface area contributed by atoms with Crippen LogP contribution in [0.4, 0.5) is 11.4 Å². The topological polar surface area (TPSA) is 89.0 Å². The Morgan fingerprint density at radius 2 is 1.72 bits per heavy atom. The molecule has 7 nitrogen and oxygen atoms in total. The van der Waals surface area contributed by atoms with E-state index in [1.165, 1.54) is 6.92 Å². The second kappa shape index (κ2) is 9.55. The van der Waals surface area contributed by atoms with Crippen molar-refractivity contribution in [3.05, 3.63) is 63.4 Å². The third kappa shape index (κ3) is 5.35. The summed E-state index contributed by atoms with van der Waals surface area (Å²) in [6.07, 6.45) is 0.429. The molecule has 8 heteroatoms. The molecule has 0 aromatic heterocycles. The highest BCUT2D eigenvalue weighted by molar-refractivity contribution is 14.1. The van der Waals surface area contributed by atoms with Gasteiger partial charge in [0, 0.05) is 28.2 Å². The van der Waals surface area contributed by atoms with Gasteiger partial charge in [0.25, 0.3) is 5.91 Å². The number of hydrogen-bond donors (Lipinski definition) is 2. The molecule has 0 aliphatic carbocycles. The minimum Gasteiger partial charge on any atom is -0.497 e. The van der Waals surface area contributed by atoms with Gasteiger partial charge in [-0.25, -0.2) is 0 Å². The van der Waals surface area contributed by atoms with Crippen LogP contribution in [0.3, 0.4) is 0 Å². The first-order valence-electron chi connectivity index (χ1n) is 8.90. The van der Waals surface area contributed by atoms with Gasteiger partial charge < -0.3 is 14.8 Å². The zero-order chi connectivity index (χ0) is 20.8. The van der Waals surface area contributed by atoms with Crippen LogP contribution >= 0.6 is 22.6 Å². The van der Waals surface area contributed by atoms with E-state index in [4.69, 9.17) is 9.47 Å². The van der Waals surface area contributed by atoms with Gasteiger partial charge in [0.05, 0.1) is 19.4 Å². The summed E-state index contributed by atoms with van der Waals surface area (Å²) in [6, 6.07) is 14.5. The number of amides is 1. The number of ketones is 1. The summed E-state index contributed by atoms with van der Waals surface area (Å²) < 4.78 is 11.7. The predicted octanol–water partition coefficient (Wildman–Crippen LogP) is 3.97. The number of ether oxygens (including phenoxy) is 2. The molecule has 2 N–H and O–H groups in total. The molecule has 150 valence electrons. The minimum absolute atomic E-state index is 0.119. The Bertz CT molecular complexity index is 966. The molecule has 3 rings (SSSR count). The minimum atomic E-state index is -0.405. The molecule has 0 spiro atoms. The van der Waals surface area contributed by atoms with Crippen LogP contribution in [0.2, 0.25) is 0 Å². The van der Waals surface area contributed by atoms with Gasteiger partial charge in [-0.05, 0) is 71.1 Å². The number of Topliss-reactive ketones (excluding diaryl/α,β-unsaturated/α-hetero) is 1. The normalized spacial score (nSPS) is 13.7. The molecule has 0 unspecified atom stereocenters. The van der Waals surface area contributed by atoms with Crippen LogP contribution < -0.4 is 15.5 Å². The largest absolute Gasteiger partial charge is 0.497 e. The highest BCUT2D eigenvalue weighted by Gasteiger charge is 2.28. The molecule has 1 aliphatic heterocycles. The zero-order valence-electron chi connectivity index (χ0n) is 16.0. The summed E-state index contributed by atoms with van der Waals surface area (Å²) in [5.41, 5.74) is 4.86. The van der Waals surface area contributed by atoms with Crippen molar-refractivity contribution in [1.82, 2.24) is 0 Å². The molecular formula is C21H20IN3O4. The fourth-order valence-electron chi connectivity index (χ4n) is 2.75. The van der Waals surface area contributed by atoms with E-state index in [0.29, 0.717) is 35.7 Å². The maximum absolute atomic E-state index is 12.7. The van der Waals surface area contributed by atoms with Crippen molar-refractivity contribution in [2.24, 2.45) is 5.10 Å². The van der Waals surface area contributed by atoms with Gasteiger partial charge in [0.1, 0.15) is 11.5 Å². The smallest absolute Gasteiger partial charge is 0.291 e. The molecule has 0 radical (unpaired) electrons. The Kier molecular flexibility index (Phi) is 6.86. The van der Waals surface area contributed by atoms with Gasteiger partial charge >= 0.3 is 0 Å². The van der Waals surface area contributed by atoms with E-state index >= 15 is 0 Å². The summed E-state index contributed by atoms with van der Waals surface area (Å²) in [5.74, 6) is 0.171. The van der Waals surface area contributed by atoms with Crippen LogP contribution in [0.1, 0.15) is 13.3 Å². The lowest BCUT2D eigenvalue weighted by Crippen LogP contribution is -2.21. The summed E-state index contributed by atoms with van der Waals surface area (Å²) in [7, 11) is 1.59. The number of carbonyl (C=O) groups is 2. The fourth-order valence-corrected chi connectivity index (χ4v) is 3.11. The molecule has 2 aromatic rings. The standard InChI is InChI=1S/C21H20IN3O4/c1-13(26)19(25-24-16-7-9-17(28-2)10-8-16)18-11-12-29-20(18)21(27)23-15-5-3-14(22)4-6-15/h3-10,24H,11-12H2,1-2H3,(H,23,27). The maximum Gasteiger partial charge on any atom is 0.291 e. The summed E-state index contributed by atoms with van der Waals surface area (Å²) in [4.78, 5) is 24.9. The second-order valence-corrected chi connectivity index (χ2v) is 7.47. The maximum atomic E-state index is 12.7. The van der Waals surface area contributed by atoms with Crippen LogP contribution in [-0.2, 0) is 14.3 Å². The van der Waals surface area contributed by atoms with Crippen LogP contribution in [0.25, 0.3) is 0 Å². The zero-order valence-corrected chi connectivity index (χ0v) is 18.1. The molecule has 0 saturated heterocycles. The van der Waals surface area contributed by atoms with Crippen LogP contribution in [-0.4, -0.2) is 31.1 Å². The molecule has 0 bridgehead atoms. The van der Waals surface area contributed by atoms with Crippen LogP contribution in [0.5, 0.6) is 5.75 Å². The molecule has 1 heterocycles. The monoisotopic (exact) mass is 505 g/mol. The average Bonchev–Trinajstić information content (AvgIpc) is 3.20. The Hall–Kier alpha value is -2.88. The lowest BCUT2D eigenvalue weighted by atomic mass is 10.0. The first kappa shape index (κ1) is 20.8. The van der Waals surface area contributed by atoms with Crippen molar-refractivity contribution in [1.29, 1.82) is 0 Å². The SMILES string of the molecule is COc1ccc(NN=C(C(C)=O)C2=C(C(=O)Nc3ccc(I)cc3)OCC2)cc1. The third-order valence-electron chi connectivity index (χ3n) is 4.19. The number of nitrogens with one attached hydrogen (secondary N) is 2. The van der Waals surface area contributed by atoms with Crippen molar-refractivity contribution >= 4 is 51.4 Å². The van der Waals surface area contributed by atoms with E-state index in [9.17, 15) is 9.59 Å². The Labute approximate surface area is 182 Å². The lowest BCUT2D eigenvalue weighted by Gasteiger charge is -2.09. The lowest BCUT2D eigenvalue weighted by molar-refractivity contribution is -0.115. The number of rotatable bonds is 7. The Morgan fingerprint density at radius 1 is 1.07 bits per heavy atom. The number of carbonyl (C=O) groups excluding carboxylic acids is 2. The molecule has 0 fully saturated rings. The first-order valence-corrected chi connectivity index (χ1v) is 9.97. The predicted molar refractivity (Wildman–Crippen MR) is 120 cm³/mol. The third-order valence-corrected chi connectivity index (χ3v) is 4.91. The molecule has 2 aromatic carbocycles. The van der Waals surface area contributed by atoms with Gasteiger partial charge in [-0.15, -0.1) is 0 Å². The average molecular weight is 505 g/mol. The number of halogens is 1. The number of hydrazone groups is 1.